The molecule has 1 aromatic rings. The SMILES string of the molecule is C/C(=C\CCN(C)S(=O)(=O)c1c(C(C)C)cc(C(C)C)cc1C(C)C)C(C)(C)C. The second-order valence-electron chi connectivity index (χ2n) is 10.2. The molecular formula is C25H43NO2S. The second-order valence-corrected chi connectivity index (χ2v) is 12.2. The molecule has 0 aliphatic rings. The van der Waals surface area contributed by atoms with E-state index in [-0.39, 0.29) is 17.3 Å². The van der Waals surface area contributed by atoms with Crippen molar-refractivity contribution in [3.05, 3.63) is 40.5 Å². The number of hydrogen-bond acceptors (Lipinski definition) is 2. The van der Waals surface area contributed by atoms with Crippen molar-refractivity contribution in [2.45, 2.75) is 98.3 Å². The first kappa shape index (κ1) is 25.9. The standard InChI is InChI=1S/C25H43NO2S/c1-17(2)21-15-22(18(3)4)24(23(16-21)19(5)6)29(27,28)26(11)14-12-13-20(7)25(8,9)10/h13,15-19H,12,14H2,1-11H3/b20-13+. The third kappa shape index (κ3) is 6.42. The predicted octanol–water partition coefficient (Wildman–Crippen LogP) is 7.06. The average Bonchev–Trinajstić information content (AvgIpc) is 2.58. The van der Waals surface area contributed by atoms with E-state index in [2.05, 4.69) is 87.4 Å². The summed E-state index contributed by atoms with van der Waals surface area (Å²) >= 11 is 0. The molecule has 166 valence electrons. The van der Waals surface area contributed by atoms with Crippen LogP contribution in [0, 0.1) is 5.41 Å². The molecule has 0 aliphatic heterocycles. The van der Waals surface area contributed by atoms with E-state index in [0.717, 1.165) is 17.5 Å². The molecule has 1 aromatic carbocycles. The minimum Gasteiger partial charge on any atom is -0.207 e. The normalized spacial score (nSPS) is 14.0. The van der Waals surface area contributed by atoms with Crippen molar-refractivity contribution in [1.82, 2.24) is 4.31 Å². The van der Waals surface area contributed by atoms with Gasteiger partial charge in [0.05, 0.1) is 4.90 Å². The first-order valence-electron chi connectivity index (χ1n) is 10.9. The molecule has 0 aromatic heterocycles. The zero-order valence-corrected chi connectivity index (χ0v) is 21.4. The molecule has 0 N–H and O–H groups in total. The fourth-order valence-corrected chi connectivity index (χ4v) is 5.07. The maximum atomic E-state index is 13.6. The van der Waals surface area contributed by atoms with E-state index in [4.69, 9.17) is 0 Å². The van der Waals surface area contributed by atoms with Crippen molar-refractivity contribution < 1.29 is 8.42 Å². The van der Waals surface area contributed by atoms with Gasteiger partial charge in [-0.25, -0.2) is 12.7 Å². The molecule has 29 heavy (non-hydrogen) atoms. The quantitative estimate of drug-likeness (QED) is 0.421. The molecule has 0 saturated carbocycles. The summed E-state index contributed by atoms with van der Waals surface area (Å²) in [4.78, 5) is 0.519. The molecule has 4 heteroatoms. The van der Waals surface area contributed by atoms with Crippen LogP contribution in [0.25, 0.3) is 0 Å². The summed E-state index contributed by atoms with van der Waals surface area (Å²) in [5, 5.41) is 0. The van der Waals surface area contributed by atoms with Crippen LogP contribution < -0.4 is 0 Å². The highest BCUT2D eigenvalue weighted by Crippen LogP contribution is 2.36. The molecule has 0 unspecified atom stereocenters. The molecule has 0 spiro atoms. The summed E-state index contributed by atoms with van der Waals surface area (Å²) in [6.07, 6.45) is 2.89. The topological polar surface area (TPSA) is 37.4 Å². The van der Waals surface area contributed by atoms with Gasteiger partial charge in [0.15, 0.2) is 0 Å². The van der Waals surface area contributed by atoms with Crippen LogP contribution in [0.5, 0.6) is 0 Å². The van der Waals surface area contributed by atoms with Gasteiger partial charge < -0.3 is 0 Å². The highest BCUT2D eigenvalue weighted by molar-refractivity contribution is 7.89. The van der Waals surface area contributed by atoms with Crippen molar-refractivity contribution in [3.8, 4) is 0 Å². The number of nitrogens with zero attached hydrogens (tertiary/aromatic N) is 1. The van der Waals surface area contributed by atoms with Crippen molar-refractivity contribution in [2.75, 3.05) is 13.6 Å². The van der Waals surface area contributed by atoms with E-state index in [1.165, 1.54) is 15.4 Å². The van der Waals surface area contributed by atoms with E-state index < -0.39 is 10.0 Å². The first-order chi connectivity index (χ1) is 13.1. The number of hydrogen-bond donors (Lipinski definition) is 0. The molecule has 0 saturated heterocycles. The minimum absolute atomic E-state index is 0.111. The molecule has 0 fully saturated rings. The van der Waals surface area contributed by atoms with Gasteiger partial charge in [-0.05, 0) is 53.2 Å². The Bertz CT molecular complexity index is 796. The monoisotopic (exact) mass is 421 g/mol. The fourth-order valence-electron chi connectivity index (χ4n) is 3.23. The largest absolute Gasteiger partial charge is 0.243 e. The van der Waals surface area contributed by atoms with Gasteiger partial charge in [0, 0.05) is 13.6 Å². The molecular weight excluding hydrogens is 378 g/mol. The Morgan fingerprint density at radius 2 is 1.41 bits per heavy atom. The Morgan fingerprint density at radius 3 is 1.76 bits per heavy atom. The summed E-state index contributed by atoms with van der Waals surface area (Å²) in [6, 6.07) is 4.21. The van der Waals surface area contributed by atoms with Gasteiger partial charge in [0.25, 0.3) is 0 Å². The van der Waals surface area contributed by atoms with Crippen LogP contribution in [-0.2, 0) is 10.0 Å². The third-order valence-electron chi connectivity index (χ3n) is 5.83. The highest BCUT2D eigenvalue weighted by atomic mass is 32.2. The summed E-state index contributed by atoms with van der Waals surface area (Å²) < 4.78 is 28.8. The molecule has 0 radical (unpaired) electrons. The van der Waals surface area contributed by atoms with Crippen LogP contribution in [0.4, 0.5) is 0 Å². The predicted molar refractivity (Wildman–Crippen MR) is 126 cm³/mol. The van der Waals surface area contributed by atoms with Crippen LogP contribution in [0.15, 0.2) is 28.7 Å². The second kappa shape index (κ2) is 9.78. The van der Waals surface area contributed by atoms with Crippen molar-refractivity contribution >= 4 is 10.0 Å². The zero-order chi connectivity index (χ0) is 22.7. The van der Waals surface area contributed by atoms with E-state index in [1.807, 2.05) is 0 Å². The van der Waals surface area contributed by atoms with Crippen LogP contribution in [0.2, 0.25) is 0 Å². The molecule has 0 heterocycles. The molecule has 1 rings (SSSR count). The Labute approximate surface area is 180 Å². The van der Waals surface area contributed by atoms with E-state index in [1.54, 1.807) is 7.05 Å². The van der Waals surface area contributed by atoms with Gasteiger partial charge in [-0.1, -0.05) is 86.1 Å². The molecule has 3 nitrogen and oxygen atoms in total. The Kier molecular flexibility index (Phi) is 8.74. The number of sulfonamides is 1. The number of allylic oxidation sites excluding steroid dienone is 1. The van der Waals surface area contributed by atoms with Crippen molar-refractivity contribution in [2.24, 2.45) is 5.41 Å². The van der Waals surface area contributed by atoms with Crippen LogP contribution in [0.3, 0.4) is 0 Å². The van der Waals surface area contributed by atoms with Gasteiger partial charge in [-0.3, -0.25) is 0 Å². The van der Waals surface area contributed by atoms with Crippen LogP contribution in [-0.4, -0.2) is 26.3 Å². The van der Waals surface area contributed by atoms with Gasteiger partial charge in [0.2, 0.25) is 10.0 Å². The summed E-state index contributed by atoms with van der Waals surface area (Å²) in [6.45, 7) is 21.8. The Balaban J connectivity index is 3.42. The first-order valence-corrected chi connectivity index (χ1v) is 12.4. The maximum Gasteiger partial charge on any atom is 0.243 e. The zero-order valence-electron chi connectivity index (χ0n) is 20.6. The van der Waals surface area contributed by atoms with Gasteiger partial charge >= 0.3 is 0 Å². The summed E-state index contributed by atoms with van der Waals surface area (Å²) in [5.41, 5.74) is 4.49. The minimum atomic E-state index is -3.56. The fraction of sp³-hybridized carbons (Fsp3) is 0.680. The summed E-state index contributed by atoms with van der Waals surface area (Å²) in [7, 11) is -1.85. The molecule has 0 aliphatic carbocycles. The molecule has 0 bridgehead atoms. The van der Waals surface area contributed by atoms with Gasteiger partial charge in [-0.2, -0.15) is 0 Å². The van der Waals surface area contributed by atoms with Crippen molar-refractivity contribution in [3.63, 3.8) is 0 Å². The van der Waals surface area contributed by atoms with E-state index >= 15 is 0 Å². The molecule has 0 amide bonds. The van der Waals surface area contributed by atoms with Gasteiger partial charge in [-0.15, -0.1) is 0 Å². The Morgan fingerprint density at radius 1 is 0.966 bits per heavy atom. The highest BCUT2D eigenvalue weighted by Gasteiger charge is 2.30. The maximum absolute atomic E-state index is 13.6. The lowest BCUT2D eigenvalue weighted by Gasteiger charge is -2.26. The smallest absolute Gasteiger partial charge is 0.207 e. The van der Waals surface area contributed by atoms with E-state index in [9.17, 15) is 8.42 Å². The lowest BCUT2D eigenvalue weighted by atomic mass is 9.87. The lowest BCUT2D eigenvalue weighted by Crippen LogP contribution is -2.30. The lowest BCUT2D eigenvalue weighted by molar-refractivity contribution is 0.467. The summed E-state index contributed by atoms with van der Waals surface area (Å²) in [5.74, 6) is 0.657. The van der Waals surface area contributed by atoms with Gasteiger partial charge in [0.1, 0.15) is 0 Å². The Hall–Kier alpha value is -1.13. The van der Waals surface area contributed by atoms with E-state index in [0.29, 0.717) is 17.4 Å². The van der Waals surface area contributed by atoms with Crippen LogP contribution >= 0.6 is 0 Å². The van der Waals surface area contributed by atoms with Crippen molar-refractivity contribution in [1.29, 1.82) is 0 Å². The number of benzene rings is 1. The van der Waals surface area contributed by atoms with Crippen LogP contribution in [0.1, 0.15) is 110 Å². The average molecular weight is 422 g/mol. The number of rotatable bonds is 8. The molecule has 0 atom stereocenters. The third-order valence-corrected chi connectivity index (χ3v) is 7.82.